The van der Waals surface area contributed by atoms with Crippen molar-refractivity contribution in [2.24, 2.45) is 0 Å². The maximum atomic E-state index is 12.6. The third kappa shape index (κ3) is 3.22. The van der Waals surface area contributed by atoms with Gasteiger partial charge in [0, 0.05) is 6.04 Å². The van der Waals surface area contributed by atoms with Crippen LogP contribution in [0, 0.1) is 20.8 Å². The number of aryl methyl sites for hydroxylation is 3. The van der Waals surface area contributed by atoms with Gasteiger partial charge >= 0.3 is 0 Å². The molecule has 0 bridgehead atoms. The summed E-state index contributed by atoms with van der Waals surface area (Å²) in [4.78, 5) is 0.348. The zero-order valence-electron chi connectivity index (χ0n) is 12.3. The summed E-state index contributed by atoms with van der Waals surface area (Å²) in [5.41, 5.74) is 2.55. The molecule has 2 N–H and O–H groups in total. The van der Waals surface area contributed by atoms with E-state index in [4.69, 9.17) is 0 Å². The lowest BCUT2D eigenvalue weighted by Gasteiger charge is -2.28. The van der Waals surface area contributed by atoms with E-state index >= 15 is 0 Å². The van der Waals surface area contributed by atoms with Crippen LogP contribution in [0.2, 0.25) is 0 Å². The lowest BCUT2D eigenvalue weighted by Crippen LogP contribution is -2.45. The zero-order chi connectivity index (χ0) is 14.9. The summed E-state index contributed by atoms with van der Waals surface area (Å²) < 4.78 is 27.8. The molecule has 1 saturated carbocycles. The van der Waals surface area contributed by atoms with Gasteiger partial charge in [-0.1, -0.05) is 30.5 Å². The Morgan fingerprint density at radius 1 is 1.10 bits per heavy atom. The summed E-state index contributed by atoms with van der Waals surface area (Å²) >= 11 is 0. The third-order valence-corrected chi connectivity index (χ3v) is 5.70. The molecule has 0 radical (unpaired) electrons. The largest absolute Gasteiger partial charge is 0.391 e. The first-order valence-corrected chi connectivity index (χ1v) is 8.58. The van der Waals surface area contributed by atoms with Gasteiger partial charge in [0.25, 0.3) is 0 Å². The van der Waals surface area contributed by atoms with Crippen LogP contribution in [0.3, 0.4) is 0 Å². The minimum absolute atomic E-state index is 0.348. The van der Waals surface area contributed by atoms with Gasteiger partial charge in [0.2, 0.25) is 10.0 Å². The number of benzene rings is 1. The molecule has 0 spiro atoms. The van der Waals surface area contributed by atoms with E-state index in [1.54, 1.807) is 0 Å². The van der Waals surface area contributed by atoms with E-state index in [-0.39, 0.29) is 6.04 Å². The van der Waals surface area contributed by atoms with Gasteiger partial charge in [-0.3, -0.25) is 0 Å². The summed E-state index contributed by atoms with van der Waals surface area (Å²) in [6.07, 6.45) is 2.70. The normalized spacial score (nSPS) is 23.8. The number of hydrogen-bond acceptors (Lipinski definition) is 3. The minimum atomic E-state index is -3.58. The first kappa shape index (κ1) is 15.5. The Kier molecular flexibility index (Phi) is 4.52. The Balaban J connectivity index is 2.31. The van der Waals surface area contributed by atoms with Gasteiger partial charge in [0.15, 0.2) is 0 Å². The monoisotopic (exact) mass is 297 g/mol. The Bertz CT molecular complexity index is 572. The Hall–Kier alpha value is -0.910. The molecule has 2 unspecified atom stereocenters. The number of sulfonamides is 1. The van der Waals surface area contributed by atoms with Gasteiger partial charge in [-0.15, -0.1) is 0 Å². The molecule has 20 heavy (non-hydrogen) atoms. The second-order valence-corrected chi connectivity index (χ2v) is 7.46. The van der Waals surface area contributed by atoms with E-state index in [1.165, 1.54) is 0 Å². The maximum Gasteiger partial charge on any atom is 0.241 e. The number of aliphatic hydroxyl groups is 1. The van der Waals surface area contributed by atoms with Crippen molar-refractivity contribution in [1.29, 1.82) is 0 Å². The van der Waals surface area contributed by atoms with Crippen LogP contribution in [-0.4, -0.2) is 25.7 Å². The van der Waals surface area contributed by atoms with Crippen molar-refractivity contribution in [3.8, 4) is 0 Å². The van der Waals surface area contributed by atoms with Crippen LogP contribution < -0.4 is 4.72 Å². The van der Waals surface area contributed by atoms with Crippen molar-refractivity contribution in [3.05, 3.63) is 28.8 Å². The van der Waals surface area contributed by atoms with Gasteiger partial charge in [-0.2, -0.15) is 0 Å². The van der Waals surface area contributed by atoms with Crippen molar-refractivity contribution >= 4 is 10.0 Å². The predicted molar refractivity (Wildman–Crippen MR) is 79.2 cm³/mol. The standard InChI is InChI=1S/C15H23NO3S/c1-10-8-11(2)15(12(3)9-10)20(18,19)16-13-6-4-5-7-14(13)17/h8-9,13-14,16-17H,4-7H2,1-3H3. The molecule has 0 aliphatic heterocycles. The Morgan fingerprint density at radius 3 is 2.20 bits per heavy atom. The van der Waals surface area contributed by atoms with E-state index in [0.717, 1.165) is 29.5 Å². The van der Waals surface area contributed by atoms with Crippen LogP contribution in [0.4, 0.5) is 0 Å². The van der Waals surface area contributed by atoms with E-state index in [9.17, 15) is 13.5 Å². The van der Waals surface area contributed by atoms with Gasteiger partial charge in [0.1, 0.15) is 0 Å². The highest BCUT2D eigenvalue weighted by atomic mass is 32.2. The van der Waals surface area contributed by atoms with E-state index < -0.39 is 16.1 Å². The number of nitrogens with one attached hydrogen (secondary N) is 1. The predicted octanol–water partition coefficient (Wildman–Crippen LogP) is 2.19. The maximum absolute atomic E-state index is 12.6. The zero-order valence-corrected chi connectivity index (χ0v) is 13.1. The molecule has 1 fully saturated rings. The molecule has 1 aliphatic carbocycles. The van der Waals surface area contributed by atoms with Crippen molar-refractivity contribution in [2.75, 3.05) is 0 Å². The van der Waals surface area contributed by atoms with Crippen molar-refractivity contribution < 1.29 is 13.5 Å². The van der Waals surface area contributed by atoms with E-state index in [1.807, 2.05) is 32.9 Å². The van der Waals surface area contributed by atoms with Crippen LogP contribution >= 0.6 is 0 Å². The molecule has 0 aromatic heterocycles. The number of rotatable bonds is 3. The fraction of sp³-hybridized carbons (Fsp3) is 0.600. The van der Waals surface area contributed by atoms with Crippen LogP contribution in [0.1, 0.15) is 42.4 Å². The average Bonchev–Trinajstić information content (AvgIpc) is 2.30. The summed E-state index contributed by atoms with van der Waals surface area (Å²) in [6.45, 7) is 5.58. The van der Waals surface area contributed by atoms with E-state index in [0.29, 0.717) is 17.7 Å². The van der Waals surface area contributed by atoms with Crippen molar-refractivity contribution in [2.45, 2.75) is 63.5 Å². The second-order valence-electron chi connectivity index (χ2n) is 5.81. The topological polar surface area (TPSA) is 66.4 Å². The van der Waals surface area contributed by atoms with Crippen LogP contribution in [0.25, 0.3) is 0 Å². The first-order chi connectivity index (χ1) is 9.31. The molecular weight excluding hydrogens is 274 g/mol. The molecule has 1 aromatic carbocycles. The molecule has 1 aromatic rings. The van der Waals surface area contributed by atoms with Gasteiger partial charge in [-0.25, -0.2) is 13.1 Å². The molecule has 0 heterocycles. The molecule has 5 heteroatoms. The van der Waals surface area contributed by atoms with Crippen LogP contribution in [-0.2, 0) is 10.0 Å². The lowest BCUT2D eigenvalue weighted by atomic mass is 9.93. The van der Waals surface area contributed by atoms with Gasteiger partial charge < -0.3 is 5.11 Å². The molecule has 2 atom stereocenters. The summed E-state index contributed by atoms with van der Waals surface area (Å²) in [7, 11) is -3.58. The summed E-state index contributed by atoms with van der Waals surface area (Å²) in [5.74, 6) is 0. The van der Waals surface area contributed by atoms with Crippen LogP contribution in [0.5, 0.6) is 0 Å². The average molecular weight is 297 g/mol. The fourth-order valence-corrected chi connectivity index (χ4v) is 4.85. The Labute approximate surface area is 121 Å². The molecule has 4 nitrogen and oxygen atoms in total. The SMILES string of the molecule is Cc1cc(C)c(S(=O)(=O)NC2CCCCC2O)c(C)c1. The summed E-state index contributed by atoms with van der Waals surface area (Å²) in [5, 5.41) is 9.93. The fourth-order valence-electron chi connectivity index (χ4n) is 3.10. The molecule has 1 aliphatic rings. The number of hydrogen-bond donors (Lipinski definition) is 2. The second kappa shape index (κ2) is 5.84. The molecule has 112 valence electrons. The van der Waals surface area contributed by atoms with E-state index in [2.05, 4.69) is 4.72 Å². The van der Waals surface area contributed by atoms with Crippen molar-refractivity contribution in [1.82, 2.24) is 4.72 Å². The summed E-state index contributed by atoms with van der Waals surface area (Å²) in [6, 6.07) is 3.38. The molecule has 2 rings (SSSR count). The lowest BCUT2D eigenvalue weighted by molar-refractivity contribution is 0.101. The van der Waals surface area contributed by atoms with Crippen LogP contribution in [0.15, 0.2) is 17.0 Å². The Morgan fingerprint density at radius 2 is 1.65 bits per heavy atom. The highest BCUT2D eigenvalue weighted by Gasteiger charge is 2.29. The highest BCUT2D eigenvalue weighted by Crippen LogP contribution is 2.24. The molecule has 0 amide bonds. The van der Waals surface area contributed by atoms with Gasteiger partial charge in [0.05, 0.1) is 11.0 Å². The number of aliphatic hydroxyl groups excluding tert-OH is 1. The van der Waals surface area contributed by atoms with Crippen molar-refractivity contribution in [3.63, 3.8) is 0 Å². The highest BCUT2D eigenvalue weighted by molar-refractivity contribution is 7.89. The molecular formula is C15H23NO3S. The minimum Gasteiger partial charge on any atom is -0.391 e. The van der Waals surface area contributed by atoms with Gasteiger partial charge in [-0.05, 0) is 44.7 Å². The third-order valence-electron chi connectivity index (χ3n) is 3.91. The molecule has 0 saturated heterocycles. The smallest absolute Gasteiger partial charge is 0.241 e. The quantitative estimate of drug-likeness (QED) is 0.899. The first-order valence-electron chi connectivity index (χ1n) is 7.09.